The van der Waals surface area contributed by atoms with E-state index < -0.39 is 5.97 Å². The van der Waals surface area contributed by atoms with E-state index >= 15 is 0 Å². The quantitative estimate of drug-likeness (QED) is 0.907. The Bertz CT molecular complexity index is 685. The number of hydrogen-bond acceptors (Lipinski definition) is 5. The first-order valence-corrected chi connectivity index (χ1v) is 6.98. The highest BCUT2D eigenvalue weighted by Crippen LogP contribution is 2.38. The molecule has 7 nitrogen and oxygen atoms in total. The van der Waals surface area contributed by atoms with Gasteiger partial charge in [-0.2, -0.15) is 9.50 Å². The minimum absolute atomic E-state index is 0.0362. The molecule has 2 aromatic rings. The average molecular weight is 273 g/mol. The van der Waals surface area contributed by atoms with Crippen molar-refractivity contribution in [2.45, 2.75) is 31.6 Å². The third-order valence-electron chi connectivity index (χ3n) is 3.90. The number of carboxylic acid groups (broad SMARTS) is 1. The lowest BCUT2D eigenvalue weighted by molar-refractivity contribution is 0.0690. The lowest BCUT2D eigenvalue weighted by Crippen LogP contribution is -2.22. The maximum Gasteiger partial charge on any atom is 0.354 e. The van der Waals surface area contributed by atoms with Gasteiger partial charge in [-0.3, -0.25) is 0 Å². The number of aromatic nitrogens is 4. The fourth-order valence-corrected chi connectivity index (χ4v) is 2.66. The molecule has 20 heavy (non-hydrogen) atoms. The van der Waals surface area contributed by atoms with E-state index in [4.69, 9.17) is 0 Å². The highest BCUT2D eigenvalue weighted by Gasteiger charge is 2.29. The third-order valence-corrected chi connectivity index (χ3v) is 3.90. The molecule has 0 radical (unpaired) electrons. The number of nitrogens with zero attached hydrogens (tertiary/aromatic N) is 5. The molecule has 0 spiro atoms. The molecule has 1 aliphatic carbocycles. The first kappa shape index (κ1) is 11.6. The lowest BCUT2D eigenvalue weighted by atomic mass is 10.3. The normalized spacial score (nSPS) is 18.9. The summed E-state index contributed by atoms with van der Waals surface area (Å²) < 4.78 is 1.70. The second kappa shape index (κ2) is 4.16. The molecule has 1 saturated heterocycles. The number of aromatic carboxylic acids is 1. The summed E-state index contributed by atoms with van der Waals surface area (Å²) in [7, 11) is 0. The maximum absolute atomic E-state index is 11.2. The minimum atomic E-state index is -1.02. The number of fused-ring (bicyclic) bond motifs is 1. The third kappa shape index (κ3) is 1.81. The van der Waals surface area contributed by atoms with Crippen molar-refractivity contribution in [2.24, 2.45) is 0 Å². The zero-order chi connectivity index (χ0) is 13.7. The smallest absolute Gasteiger partial charge is 0.354 e. The highest BCUT2D eigenvalue weighted by atomic mass is 16.4. The summed E-state index contributed by atoms with van der Waals surface area (Å²) in [5.74, 6) is 1.39. The average Bonchev–Trinajstić information content (AvgIpc) is 2.99. The summed E-state index contributed by atoms with van der Waals surface area (Å²) in [5.41, 5.74) is 0.0362. The second-order valence-electron chi connectivity index (χ2n) is 5.45. The van der Waals surface area contributed by atoms with Gasteiger partial charge in [-0.1, -0.05) is 0 Å². The summed E-state index contributed by atoms with van der Waals surface area (Å²) in [6, 6.07) is 1.60. The monoisotopic (exact) mass is 273 g/mol. The van der Waals surface area contributed by atoms with Gasteiger partial charge in [0.15, 0.2) is 11.5 Å². The minimum Gasteiger partial charge on any atom is -0.477 e. The first-order valence-electron chi connectivity index (χ1n) is 6.98. The van der Waals surface area contributed by atoms with Crippen molar-refractivity contribution in [3.8, 4) is 0 Å². The van der Waals surface area contributed by atoms with Crippen LogP contribution in [0.15, 0.2) is 6.07 Å². The van der Waals surface area contributed by atoms with Crippen LogP contribution in [0.25, 0.3) is 5.78 Å². The number of rotatable bonds is 3. The van der Waals surface area contributed by atoms with Gasteiger partial charge in [0.2, 0.25) is 0 Å². The molecule has 104 valence electrons. The molecule has 2 aliphatic rings. The van der Waals surface area contributed by atoms with Crippen molar-refractivity contribution in [1.82, 2.24) is 19.6 Å². The molecule has 0 bridgehead atoms. The number of hydrogen-bond donors (Lipinski definition) is 1. The van der Waals surface area contributed by atoms with Crippen LogP contribution < -0.4 is 4.90 Å². The Balaban J connectivity index is 1.89. The van der Waals surface area contributed by atoms with E-state index in [0.717, 1.165) is 50.4 Å². The molecule has 3 heterocycles. The zero-order valence-electron chi connectivity index (χ0n) is 11.0. The van der Waals surface area contributed by atoms with Gasteiger partial charge in [-0.05, 0) is 25.7 Å². The van der Waals surface area contributed by atoms with Crippen molar-refractivity contribution in [3.05, 3.63) is 17.6 Å². The van der Waals surface area contributed by atoms with Crippen LogP contribution in [0.2, 0.25) is 0 Å². The van der Waals surface area contributed by atoms with Gasteiger partial charge < -0.3 is 10.0 Å². The molecule has 0 unspecified atom stereocenters. The Kier molecular flexibility index (Phi) is 2.42. The van der Waals surface area contributed by atoms with Gasteiger partial charge in [0, 0.05) is 25.1 Å². The van der Waals surface area contributed by atoms with E-state index in [1.54, 1.807) is 10.6 Å². The van der Waals surface area contributed by atoms with Crippen LogP contribution in [0.4, 0.5) is 5.82 Å². The number of anilines is 1. The maximum atomic E-state index is 11.2. The predicted octanol–water partition coefficient (Wildman–Crippen LogP) is 1.30. The summed E-state index contributed by atoms with van der Waals surface area (Å²) in [4.78, 5) is 21.9. The summed E-state index contributed by atoms with van der Waals surface area (Å²) >= 11 is 0. The van der Waals surface area contributed by atoms with E-state index in [2.05, 4.69) is 20.0 Å². The zero-order valence-corrected chi connectivity index (χ0v) is 11.0. The van der Waals surface area contributed by atoms with E-state index in [-0.39, 0.29) is 5.69 Å². The van der Waals surface area contributed by atoms with Gasteiger partial charge >= 0.3 is 5.97 Å². The molecule has 0 aromatic carbocycles. The Hall–Kier alpha value is -2.18. The summed E-state index contributed by atoms with van der Waals surface area (Å²) in [6.45, 7) is 1.85. The van der Waals surface area contributed by atoms with Crippen LogP contribution in [0.5, 0.6) is 0 Å². The first-order chi connectivity index (χ1) is 9.72. The fourth-order valence-electron chi connectivity index (χ4n) is 2.66. The summed E-state index contributed by atoms with van der Waals surface area (Å²) in [5, 5.41) is 13.7. The molecule has 1 aliphatic heterocycles. The second-order valence-corrected chi connectivity index (χ2v) is 5.45. The molecule has 7 heteroatoms. The van der Waals surface area contributed by atoms with Gasteiger partial charge in [0.05, 0.1) is 0 Å². The SMILES string of the molecule is O=C(O)c1cc(N2CCCC2)n2nc(C3CC3)nc2n1. The molecular formula is C13H15N5O2. The Labute approximate surface area is 115 Å². The standard InChI is InChI=1S/C13H15N5O2/c19-12(20)9-7-10(17-5-1-2-6-17)18-13(14-9)15-11(16-18)8-3-4-8/h7-8H,1-6H2,(H,19,20). The van der Waals surface area contributed by atoms with Crippen molar-refractivity contribution in [3.63, 3.8) is 0 Å². The largest absolute Gasteiger partial charge is 0.477 e. The topological polar surface area (TPSA) is 83.6 Å². The molecule has 2 aromatic heterocycles. The summed E-state index contributed by atoms with van der Waals surface area (Å²) in [6.07, 6.45) is 4.47. The molecule has 2 fully saturated rings. The van der Waals surface area contributed by atoms with Crippen molar-refractivity contribution in [2.75, 3.05) is 18.0 Å². The molecule has 1 saturated carbocycles. The molecule has 0 atom stereocenters. The van der Waals surface area contributed by atoms with Crippen LogP contribution in [-0.2, 0) is 0 Å². The fraction of sp³-hybridized carbons (Fsp3) is 0.538. The van der Waals surface area contributed by atoms with Crippen LogP contribution in [0.3, 0.4) is 0 Å². The van der Waals surface area contributed by atoms with Gasteiger partial charge in [0.25, 0.3) is 5.78 Å². The van der Waals surface area contributed by atoms with E-state index in [1.807, 2.05) is 0 Å². The predicted molar refractivity (Wildman–Crippen MR) is 71.2 cm³/mol. The van der Waals surface area contributed by atoms with Crippen molar-refractivity contribution in [1.29, 1.82) is 0 Å². The Morgan fingerprint density at radius 1 is 1.25 bits per heavy atom. The van der Waals surface area contributed by atoms with E-state index in [9.17, 15) is 9.90 Å². The highest BCUT2D eigenvalue weighted by molar-refractivity contribution is 5.87. The van der Waals surface area contributed by atoms with E-state index in [1.165, 1.54) is 0 Å². The molecule has 1 N–H and O–H groups in total. The van der Waals surface area contributed by atoms with Gasteiger partial charge in [-0.25, -0.2) is 9.78 Å². The van der Waals surface area contributed by atoms with Crippen molar-refractivity contribution < 1.29 is 9.90 Å². The Morgan fingerprint density at radius 3 is 2.65 bits per heavy atom. The van der Waals surface area contributed by atoms with E-state index in [0.29, 0.717) is 11.7 Å². The lowest BCUT2D eigenvalue weighted by Gasteiger charge is -2.18. The molecule has 0 amide bonds. The molecule has 4 rings (SSSR count). The van der Waals surface area contributed by atoms with Crippen LogP contribution in [-0.4, -0.2) is 43.7 Å². The van der Waals surface area contributed by atoms with Crippen LogP contribution >= 0.6 is 0 Å². The van der Waals surface area contributed by atoms with Crippen molar-refractivity contribution >= 4 is 17.6 Å². The number of carbonyl (C=O) groups is 1. The molecular weight excluding hydrogens is 258 g/mol. The van der Waals surface area contributed by atoms with Gasteiger partial charge in [-0.15, -0.1) is 5.10 Å². The van der Waals surface area contributed by atoms with Crippen LogP contribution in [0.1, 0.15) is 47.9 Å². The van der Waals surface area contributed by atoms with Gasteiger partial charge in [0.1, 0.15) is 5.82 Å². The number of carboxylic acids is 1. The van der Waals surface area contributed by atoms with Crippen LogP contribution in [0, 0.1) is 0 Å². The Morgan fingerprint density at radius 2 is 2.00 bits per heavy atom.